The Morgan fingerprint density at radius 1 is 1.32 bits per heavy atom. The largest absolute Gasteiger partial charge is 0.375 e. The Morgan fingerprint density at radius 2 is 2.10 bits per heavy atom. The van der Waals surface area contributed by atoms with E-state index in [1.54, 1.807) is 28.9 Å². The van der Waals surface area contributed by atoms with E-state index in [0.717, 1.165) is 0 Å². The van der Waals surface area contributed by atoms with Gasteiger partial charge in [-0.3, -0.25) is 9.89 Å². The van der Waals surface area contributed by atoms with Gasteiger partial charge in [0.25, 0.3) is 0 Å². The quantitative estimate of drug-likeness (QED) is 0.771. The van der Waals surface area contributed by atoms with Crippen LogP contribution >= 0.6 is 0 Å². The standard InChI is InChI=1S/C21H27FN6O3/c1-13-16(22)5-4-6-17(13)24-20(30)28-10-15-9-27(18(29)11-31-3)8-7-21(15,12-28)19-23-14(2)25-26-19/h4-6,15H,7-12H2,1-3H3,(H,24,30)(H,23,25,26)/t15-,21-/m1/s1. The van der Waals surface area contributed by atoms with Crippen LogP contribution in [-0.2, 0) is 14.9 Å². The number of carbonyl (C=O) groups excluding carboxylic acids is 2. The Morgan fingerprint density at radius 3 is 2.81 bits per heavy atom. The van der Waals surface area contributed by atoms with Crippen LogP contribution in [-0.4, -0.2) is 76.8 Å². The molecule has 9 nitrogen and oxygen atoms in total. The fourth-order valence-electron chi connectivity index (χ4n) is 4.65. The number of aromatic nitrogens is 3. The number of H-pyrrole nitrogens is 1. The van der Waals surface area contributed by atoms with Crippen LogP contribution in [0.15, 0.2) is 18.2 Å². The van der Waals surface area contributed by atoms with Gasteiger partial charge in [0.2, 0.25) is 5.91 Å². The first-order chi connectivity index (χ1) is 14.8. The second-order valence-electron chi connectivity index (χ2n) is 8.34. The van der Waals surface area contributed by atoms with Gasteiger partial charge in [-0.2, -0.15) is 5.10 Å². The third-order valence-corrected chi connectivity index (χ3v) is 6.42. The predicted molar refractivity (Wildman–Crippen MR) is 111 cm³/mol. The highest BCUT2D eigenvalue weighted by Gasteiger charge is 2.54. The second-order valence-corrected chi connectivity index (χ2v) is 8.34. The lowest BCUT2D eigenvalue weighted by molar-refractivity contribution is -0.137. The van der Waals surface area contributed by atoms with Gasteiger partial charge in [-0.05, 0) is 32.4 Å². The predicted octanol–water partition coefficient (Wildman–Crippen LogP) is 1.84. The molecule has 10 heteroatoms. The van der Waals surface area contributed by atoms with Gasteiger partial charge in [0, 0.05) is 50.5 Å². The number of hydrogen-bond acceptors (Lipinski definition) is 5. The Kier molecular flexibility index (Phi) is 5.65. The smallest absolute Gasteiger partial charge is 0.321 e. The zero-order valence-electron chi connectivity index (χ0n) is 17.9. The molecule has 0 aliphatic carbocycles. The van der Waals surface area contributed by atoms with Crippen molar-refractivity contribution in [1.29, 1.82) is 0 Å². The third kappa shape index (κ3) is 3.87. The molecule has 1 aromatic carbocycles. The highest BCUT2D eigenvalue weighted by molar-refractivity contribution is 5.90. The summed E-state index contributed by atoms with van der Waals surface area (Å²) >= 11 is 0. The molecule has 2 saturated heterocycles. The number of nitrogens with zero attached hydrogens (tertiary/aromatic N) is 4. The zero-order valence-corrected chi connectivity index (χ0v) is 17.9. The minimum Gasteiger partial charge on any atom is -0.375 e. The molecular weight excluding hydrogens is 403 g/mol. The van der Waals surface area contributed by atoms with Crippen LogP contribution < -0.4 is 5.32 Å². The van der Waals surface area contributed by atoms with Crippen LogP contribution in [0.5, 0.6) is 0 Å². The first-order valence-electron chi connectivity index (χ1n) is 10.3. The average Bonchev–Trinajstić information content (AvgIpc) is 3.35. The van der Waals surface area contributed by atoms with E-state index < -0.39 is 5.41 Å². The number of methoxy groups -OCH3 is 1. The molecule has 3 amide bonds. The Labute approximate surface area is 180 Å². The molecule has 2 N–H and O–H groups in total. The lowest BCUT2D eigenvalue weighted by atomic mass is 9.72. The number of anilines is 1. The average molecular weight is 430 g/mol. The number of piperidine rings is 1. The van der Waals surface area contributed by atoms with E-state index in [4.69, 9.17) is 4.74 Å². The lowest BCUT2D eigenvalue weighted by Crippen LogP contribution is -2.52. The number of benzene rings is 1. The summed E-state index contributed by atoms with van der Waals surface area (Å²) in [7, 11) is 1.50. The van der Waals surface area contributed by atoms with Crippen molar-refractivity contribution >= 4 is 17.6 Å². The van der Waals surface area contributed by atoms with Gasteiger partial charge in [0.1, 0.15) is 18.2 Å². The maximum atomic E-state index is 13.9. The molecule has 0 spiro atoms. The lowest BCUT2D eigenvalue weighted by Gasteiger charge is -2.41. The number of aromatic amines is 1. The van der Waals surface area contributed by atoms with Crippen LogP contribution in [0, 0.1) is 25.6 Å². The van der Waals surface area contributed by atoms with Crippen molar-refractivity contribution < 1.29 is 18.7 Å². The number of halogens is 1. The summed E-state index contributed by atoms with van der Waals surface area (Å²) in [6.45, 7) is 5.43. The van der Waals surface area contributed by atoms with Crippen molar-refractivity contribution in [2.75, 3.05) is 45.2 Å². The second kappa shape index (κ2) is 8.26. The minimum atomic E-state index is -0.442. The SMILES string of the molecule is COCC(=O)N1CC[C@@]2(c3n[nH]c(C)n3)CN(C(=O)Nc3cccc(F)c3C)C[C@H]2C1. The van der Waals surface area contributed by atoms with Gasteiger partial charge < -0.3 is 19.9 Å². The van der Waals surface area contributed by atoms with Crippen molar-refractivity contribution in [1.82, 2.24) is 25.0 Å². The highest BCUT2D eigenvalue weighted by Crippen LogP contribution is 2.44. The normalized spacial score (nSPS) is 23.0. The summed E-state index contributed by atoms with van der Waals surface area (Å²) < 4.78 is 18.9. The van der Waals surface area contributed by atoms with E-state index in [2.05, 4.69) is 20.5 Å². The van der Waals surface area contributed by atoms with E-state index >= 15 is 0 Å². The van der Waals surface area contributed by atoms with Gasteiger partial charge in [0.15, 0.2) is 5.82 Å². The number of nitrogens with one attached hydrogen (secondary N) is 2. The number of rotatable bonds is 4. The summed E-state index contributed by atoms with van der Waals surface area (Å²) in [4.78, 5) is 33.5. The first-order valence-corrected chi connectivity index (χ1v) is 10.3. The van der Waals surface area contributed by atoms with Crippen molar-refractivity contribution in [3.05, 3.63) is 41.2 Å². The number of hydrogen-bond donors (Lipinski definition) is 2. The summed E-state index contributed by atoms with van der Waals surface area (Å²) in [5, 5.41) is 10.1. The van der Waals surface area contributed by atoms with Gasteiger partial charge >= 0.3 is 6.03 Å². The maximum absolute atomic E-state index is 13.9. The topological polar surface area (TPSA) is 103 Å². The third-order valence-electron chi connectivity index (χ3n) is 6.42. The first kappa shape index (κ1) is 21.2. The summed E-state index contributed by atoms with van der Waals surface area (Å²) in [6, 6.07) is 4.31. The van der Waals surface area contributed by atoms with E-state index in [1.165, 1.54) is 13.2 Å². The number of amides is 3. The van der Waals surface area contributed by atoms with E-state index in [9.17, 15) is 14.0 Å². The van der Waals surface area contributed by atoms with Gasteiger partial charge in [-0.1, -0.05) is 6.07 Å². The van der Waals surface area contributed by atoms with Gasteiger partial charge in [-0.15, -0.1) is 0 Å². The molecule has 31 heavy (non-hydrogen) atoms. The van der Waals surface area contributed by atoms with Crippen LogP contribution in [0.3, 0.4) is 0 Å². The number of fused-ring (bicyclic) bond motifs is 1. The molecule has 0 saturated carbocycles. The summed E-state index contributed by atoms with van der Waals surface area (Å²) in [5.41, 5.74) is 0.394. The van der Waals surface area contributed by atoms with Crippen molar-refractivity contribution in [2.45, 2.75) is 25.7 Å². The minimum absolute atomic E-state index is 0.0170. The number of likely N-dealkylation sites (tertiary alicyclic amines) is 2. The molecule has 2 fully saturated rings. The molecular formula is C21H27FN6O3. The van der Waals surface area contributed by atoms with Crippen LogP contribution in [0.1, 0.15) is 23.6 Å². The molecule has 1 aromatic heterocycles. The zero-order chi connectivity index (χ0) is 22.2. The Balaban J connectivity index is 1.57. The van der Waals surface area contributed by atoms with Gasteiger partial charge in [0.05, 0.1) is 5.41 Å². The van der Waals surface area contributed by atoms with Crippen LogP contribution in [0.4, 0.5) is 14.9 Å². The number of aryl methyl sites for hydroxylation is 1. The van der Waals surface area contributed by atoms with Gasteiger partial charge in [-0.25, -0.2) is 14.2 Å². The van der Waals surface area contributed by atoms with Crippen molar-refractivity contribution in [3.63, 3.8) is 0 Å². The monoisotopic (exact) mass is 430 g/mol. The Bertz CT molecular complexity index is 995. The van der Waals surface area contributed by atoms with E-state index in [0.29, 0.717) is 55.5 Å². The molecule has 0 radical (unpaired) electrons. The number of carbonyl (C=O) groups is 2. The molecule has 0 bridgehead atoms. The number of ether oxygens (including phenoxy) is 1. The van der Waals surface area contributed by atoms with Crippen LogP contribution in [0.2, 0.25) is 0 Å². The fraction of sp³-hybridized carbons (Fsp3) is 0.524. The van der Waals surface area contributed by atoms with Crippen molar-refractivity contribution in [3.8, 4) is 0 Å². The summed E-state index contributed by atoms with van der Waals surface area (Å²) in [5.74, 6) is 0.926. The molecule has 166 valence electrons. The van der Waals surface area contributed by atoms with Crippen molar-refractivity contribution in [2.24, 2.45) is 5.92 Å². The number of urea groups is 1. The molecule has 0 unspecified atom stereocenters. The van der Waals surface area contributed by atoms with E-state index in [-0.39, 0.29) is 30.3 Å². The molecule has 2 aromatic rings. The fourth-order valence-corrected chi connectivity index (χ4v) is 4.65. The van der Waals surface area contributed by atoms with E-state index in [1.807, 2.05) is 6.92 Å². The molecule has 4 rings (SSSR count). The molecule has 3 heterocycles. The Hall–Kier alpha value is -3.01. The summed E-state index contributed by atoms with van der Waals surface area (Å²) in [6.07, 6.45) is 0.646. The van der Waals surface area contributed by atoms with Crippen LogP contribution in [0.25, 0.3) is 0 Å². The molecule has 2 aliphatic rings. The molecule has 2 atom stereocenters. The maximum Gasteiger partial charge on any atom is 0.321 e. The molecule has 2 aliphatic heterocycles. The highest BCUT2D eigenvalue weighted by atomic mass is 19.1.